The topological polar surface area (TPSA) is 320 Å². The molecule has 2 bridgehead atoms. The summed E-state index contributed by atoms with van der Waals surface area (Å²) in [6.07, 6.45) is 2.28. The second kappa shape index (κ2) is 27.6. The molecule has 65 heavy (non-hydrogen) atoms. The molecule has 0 aromatic heterocycles. The molecule has 0 aromatic carbocycles. The SMILES string of the molecule is C[C@@H]1[C@H](O)[C@@H](C)/C=C/C=C/CC/C=C/C=C/C=C/C=C/[C@H](O[C@@H]2O[C@H](C)[C@@H](O)[C@H](N)[C@H]2O)C[C@H]2O[C@](O)(C[C@@H](O)[C@H](O)CC[C@@H](O)C[C@@H](O)C[C@@H](O)CC(=O)O[C@H]1C)C[C@H](O)[C@H]2C(=O)O. The van der Waals surface area contributed by atoms with Crippen LogP contribution in [0.4, 0.5) is 0 Å². The van der Waals surface area contributed by atoms with Crippen molar-refractivity contribution in [2.75, 3.05) is 0 Å². The summed E-state index contributed by atoms with van der Waals surface area (Å²) < 4.78 is 23.2. The van der Waals surface area contributed by atoms with E-state index in [0.717, 1.165) is 12.8 Å². The largest absolute Gasteiger partial charge is 0.481 e. The summed E-state index contributed by atoms with van der Waals surface area (Å²) in [6, 6.07) is -1.14. The van der Waals surface area contributed by atoms with Gasteiger partial charge in [0.25, 0.3) is 0 Å². The van der Waals surface area contributed by atoms with Gasteiger partial charge in [0.15, 0.2) is 12.1 Å². The average Bonchev–Trinajstić information content (AvgIpc) is 3.21. The van der Waals surface area contributed by atoms with Crippen LogP contribution in [0.3, 0.4) is 0 Å². The molecule has 0 aromatic rings. The van der Waals surface area contributed by atoms with E-state index < -0.39 is 141 Å². The Morgan fingerprint density at radius 1 is 0.692 bits per heavy atom. The highest BCUT2D eigenvalue weighted by molar-refractivity contribution is 5.71. The number of cyclic esters (lactones) is 1. The number of nitrogens with two attached hydrogens (primary N) is 1. The molecule has 0 radical (unpaired) electrons. The molecule has 0 amide bonds. The number of hydrogen-bond acceptors (Lipinski definition) is 17. The Hall–Kier alpha value is -3.18. The van der Waals surface area contributed by atoms with Crippen molar-refractivity contribution in [1.29, 1.82) is 0 Å². The van der Waals surface area contributed by atoms with Crippen LogP contribution in [-0.4, -0.2) is 166 Å². The molecule has 370 valence electrons. The van der Waals surface area contributed by atoms with Gasteiger partial charge < -0.3 is 80.9 Å². The lowest BCUT2D eigenvalue weighted by Gasteiger charge is -2.45. The highest BCUT2D eigenvalue weighted by Crippen LogP contribution is 2.38. The number of rotatable bonds is 3. The Kier molecular flexibility index (Phi) is 23.8. The molecular formula is C47H75NO17. The molecule has 3 heterocycles. The lowest BCUT2D eigenvalue weighted by atomic mass is 9.82. The van der Waals surface area contributed by atoms with Crippen LogP contribution in [0, 0.1) is 17.8 Å². The predicted molar refractivity (Wildman–Crippen MR) is 237 cm³/mol. The maximum Gasteiger partial charge on any atom is 0.311 e. The Labute approximate surface area is 381 Å². The maximum atomic E-state index is 12.6. The van der Waals surface area contributed by atoms with E-state index in [2.05, 4.69) is 0 Å². The van der Waals surface area contributed by atoms with Gasteiger partial charge in [-0.25, -0.2) is 0 Å². The zero-order valence-electron chi connectivity index (χ0n) is 37.8. The van der Waals surface area contributed by atoms with Gasteiger partial charge in [-0.1, -0.05) is 86.8 Å². The van der Waals surface area contributed by atoms with E-state index >= 15 is 0 Å². The van der Waals surface area contributed by atoms with Gasteiger partial charge in [0.2, 0.25) is 0 Å². The van der Waals surface area contributed by atoms with Crippen molar-refractivity contribution in [1.82, 2.24) is 0 Å². The van der Waals surface area contributed by atoms with E-state index in [0.29, 0.717) is 0 Å². The molecule has 0 unspecified atom stereocenters. The monoisotopic (exact) mass is 926 g/mol. The van der Waals surface area contributed by atoms with Crippen LogP contribution in [0.25, 0.3) is 0 Å². The molecule has 0 aliphatic carbocycles. The number of carbonyl (C=O) groups is 2. The summed E-state index contributed by atoms with van der Waals surface area (Å²) in [7, 11) is 0. The molecule has 18 nitrogen and oxygen atoms in total. The molecule has 19 atom stereocenters. The normalized spacial score (nSPS) is 45.2. The van der Waals surface area contributed by atoms with Crippen molar-refractivity contribution in [3.8, 4) is 0 Å². The number of hydrogen-bond donors (Lipinski definition) is 12. The summed E-state index contributed by atoms with van der Waals surface area (Å²) >= 11 is 0. The van der Waals surface area contributed by atoms with Crippen molar-refractivity contribution in [2.45, 2.75) is 189 Å². The van der Waals surface area contributed by atoms with Gasteiger partial charge in [-0.05, 0) is 52.4 Å². The van der Waals surface area contributed by atoms with Crippen molar-refractivity contribution in [3.05, 3.63) is 72.9 Å². The van der Waals surface area contributed by atoms with Crippen molar-refractivity contribution in [2.24, 2.45) is 23.5 Å². The van der Waals surface area contributed by atoms with Crippen molar-refractivity contribution < 1.29 is 84.7 Å². The van der Waals surface area contributed by atoms with E-state index in [-0.39, 0.29) is 38.0 Å². The number of aliphatic carboxylic acids is 1. The number of carboxylic acid groups (broad SMARTS) is 1. The van der Waals surface area contributed by atoms with Gasteiger partial charge in [-0.2, -0.15) is 0 Å². The molecule has 13 N–H and O–H groups in total. The molecule has 18 heteroatoms. The lowest BCUT2D eigenvalue weighted by molar-refractivity contribution is -0.310. The Morgan fingerprint density at radius 2 is 1.28 bits per heavy atom. The van der Waals surface area contributed by atoms with Crippen LogP contribution >= 0.6 is 0 Å². The number of aliphatic hydroxyl groups is 10. The number of carboxylic acids is 1. The first-order chi connectivity index (χ1) is 30.6. The van der Waals surface area contributed by atoms with Gasteiger partial charge in [0, 0.05) is 31.1 Å². The number of ether oxygens (including phenoxy) is 4. The van der Waals surface area contributed by atoms with Crippen LogP contribution in [-0.2, 0) is 28.5 Å². The highest BCUT2D eigenvalue weighted by Gasteiger charge is 2.51. The number of fused-ring (bicyclic) bond motifs is 2. The van der Waals surface area contributed by atoms with Gasteiger partial charge in [-0.15, -0.1) is 0 Å². The molecular weight excluding hydrogens is 851 g/mol. The lowest BCUT2D eigenvalue weighted by Crippen LogP contribution is -2.61. The minimum atomic E-state index is -2.35. The summed E-state index contributed by atoms with van der Waals surface area (Å²) in [5.74, 6) is -6.82. The highest BCUT2D eigenvalue weighted by atomic mass is 16.7. The molecule has 3 aliphatic heterocycles. The molecule has 0 saturated carbocycles. The number of aliphatic hydroxyl groups excluding tert-OH is 9. The van der Waals surface area contributed by atoms with Gasteiger partial charge >= 0.3 is 11.9 Å². The van der Waals surface area contributed by atoms with Gasteiger partial charge in [0.05, 0.1) is 79.6 Å². The van der Waals surface area contributed by atoms with Crippen LogP contribution in [0.15, 0.2) is 72.9 Å². The van der Waals surface area contributed by atoms with Crippen LogP contribution in [0.1, 0.15) is 91.9 Å². The second-order valence-electron chi connectivity index (χ2n) is 17.8. The minimum absolute atomic E-state index is 0.138. The third-order valence-corrected chi connectivity index (χ3v) is 12.2. The Balaban J connectivity index is 1.84. The molecule has 0 spiro atoms. The number of esters is 1. The standard InChI is InChI=1S/C47H75NO17/c1-27-17-15-13-11-9-7-5-6-8-10-12-14-16-18-34(64-46-44(58)41(48)43(57)30(4)63-46)24-38-40(45(59)60)37(54)26-47(61,65-38)25-36(53)35(52)20-19-31(49)21-32(50)22-33(51)23-39(55)62-29(3)28(2)42(27)56/h5-6,8,10-18,27-38,40-44,46,49-54,56-58,61H,7,9,19-26,48H2,1-4H3,(H,59,60)/b6-5+,10-8+,13-11+,14-12+,17-15+,18-16+/t27-,28-,29-,30+,31+,32+,33+,34-,35+,36+,37-,38+,40+,41-,42+,43+,44+,46-,47+/m0/s1. The fourth-order valence-electron chi connectivity index (χ4n) is 8.11. The van der Waals surface area contributed by atoms with Gasteiger partial charge in [0.1, 0.15) is 18.1 Å². The Bertz CT molecular complexity index is 1620. The maximum absolute atomic E-state index is 12.6. The van der Waals surface area contributed by atoms with Gasteiger partial charge in [-0.3, -0.25) is 9.59 Å². The number of allylic oxidation sites excluding steroid dienone is 10. The molecule has 3 rings (SSSR count). The van der Waals surface area contributed by atoms with E-state index in [9.17, 15) is 65.8 Å². The van der Waals surface area contributed by atoms with Crippen LogP contribution in [0.2, 0.25) is 0 Å². The Morgan fingerprint density at radius 3 is 1.94 bits per heavy atom. The average molecular weight is 926 g/mol. The third kappa shape index (κ3) is 18.8. The van der Waals surface area contributed by atoms with Crippen LogP contribution < -0.4 is 5.73 Å². The first-order valence-electron chi connectivity index (χ1n) is 22.6. The van der Waals surface area contributed by atoms with E-state index in [1.807, 2.05) is 49.5 Å². The quantitative estimate of drug-likeness (QED) is 0.175. The molecule has 2 fully saturated rings. The van der Waals surface area contributed by atoms with Crippen molar-refractivity contribution >= 4 is 11.9 Å². The van der Waals surface area contributed by atoms with Crippen molar-refractivity contribution in [3.63, 3.8) is 0 Å². The first-order valence-corrected chi connectivity index (χ1v) is 22.6. The summed E-state index contributed by atoms with van der Waals surface area (Å²) in [4.78, 5) is 25.1. The fraction of sp³-hybridized carbons (Fsp3) is 0.702. The second-order valence-corrected chi connectivity index (χ2v) is 17.8. The molecule has 2 saturated heterocycles. The van der Waals surface area contributed by atoms with E-state index in [4.69, 9.17) is 24.7 Å². The summed E-state index contributed by atoms with van der Waals surface area (Å²) in [5.41, 5.74) is 6.02. The van der Waals surface area contributed by atoms with Crippen LogP contribution in [0.5, 0.6) is 0 Å². The first kappa shape index (κ1) is 56.1. The summed E-state index contributed by atoms with van der Waals surface area (Å²) in [5, 5.41) is 118. The summed E-state index contributed by atoms with van der Waals surface area (Å²) in [6.45, 7) is 6.78. The predicted octanol–water partition coefficient (Wildman–Crippen LogP) is 0.936. The zero-order chi connectivity index (χ0) is 48.4. The third-order valence-electron chi connectivity index (χ3n) is 12.2. The van der Waals surface area contributed by atoms with E-state index in [1.54, 1.807) is 38.2 Å². The smallest absolute Gasteiger partial charge is 0.311 e. The molecule has 3 aliphatic rings. The minimum Gasteiger partial charge on any atom is -0.481 e. The van der Waals surface area contributed by atoms with E-state index in [1.165, 1.54) is 13.0 Å². The fourth-order valence-corrected chi connectivity index (χ4v) is 8.11. The number of carbonyl (C=O) groups excluding carboxylic acids is 1. The zero-order valence-corrected chi connectivity index (χ0v) is 37.8.